The average molecular weight is 319 g/mol. The maximum Gasteiger partial charge on any atom is 0.247 e. The van der Waals surface area contributed by atoms with Gasteiger partial charge in [0.15, 0.2) is 5.82 Å². The van der Waals surface area contributed by atoms with Crippen molar-refractivity contribution in [1.29, 1.82) is 0 Å². The zero-order valence-electron chi connectivity index (χ0n) is 14.0. The molecule has 122 valence electrons. The van der Waals surface area contributed by atoms with Crippen LogP contribution < -0.4 is 10.2 Å². The van der Waals surface area contributed by atoms with Gasteiger partial charge in [-0.1, -0.05) is 42.5 Å². The Morgan fingerprint density at radius 3 is 2.62 bits per heavy atom. The maximum atomic E-state index is 4.61. The number of nitrogens with zero attached hydrogens (tertiary/aromatic N) is 4. The van der Waals surface area contributed by atoms with E-state index in [0.29, 0.717) is 11.8 Å². The van der Waals surface area contributed by atoms with Crippen molar-refractivity contribution in [3.8, 4) is 0 Å². The first-order chi connectivity index (χ1) is 11.7. The van der Waals surface area contributed by atoms with Crippen LogP contribution in [0.2, 0.25) is 0 Å². The third kappa shape index (κ3) is 4.07. The van der Waals surface area contributed by atoms with Gasteiger partial charge < -0.3 is 10.2 Å². The summed E-state index contributed by atoms with van der Waals surface area (Å²) >= 11 is 0. The second-order valence-electron chi connectivity index (χ2n) is 5.64. The van der Waals surface area contributed by atoms with Gasteiger partial charge in [-0.15, -0.1) is 5.10 Å². The second-order valence-corrected chi connectivity index (χ2v) is 5.64. The summed E-state index contributed by atoms with van der Waals surface area (Å²) in [5.41, 5.74) is 3.41. The largest absolute Gasteiger partial charge is 0.339 e. The Kier molecular flexibility index (Phi) is 5.01. The lowest BCUT2D eigenvalue weighted by atomic mass is 10.2. The summed E-state index contributed by atoms with van der Waals surface area (Å²) < 4.78 is 0. The molecule has 0 bridgehead atoms. The van der Waals surface area contributed by atoms with Crippen LogP contribution in [-0.2, 0) is 6.54 Å². The fourth-order valence-electron chi connectivity index (χ4n) is 2.49. The summed E-state index contributed by atoms with van der Waals surface area (Å²) in [6, 6.07) is 18.5. The Morgan fingerprint density at radius 2 is 1.88 bits per heavy atom. The predicted octanol–water partition coefficient (Wildman–Crippen LogP) is 3.95. The van der Waals surface area contributed by atoms with Crippen LogP contribution in [0.1, 0.15) is 18.1 Å². The van der Waals surface area contributed by atoms with Crippen molar-refractivity contribution in [2.45, 2.75) is 20.4 Å². The Balaban J connectivity index is 1.78. The number of nitrogens with one attached hydrogen (secondary N) is 1. The summed E-state index contributed by atoms with van der Waals surface area (Å²) in [5.74, 6) is 1.32. The van der Waals surface area contributed by atoms with E-state index in [4.69, 9.17) is 0 Å². The molecule has 0 saturated carbocycles. The fraction of sp³-hybridized carbons (Fsp3) is 0.211. The van der Waals surface area contributed by atoms with Gasteiger partial charge in [-0.25, -0.2) is 0 Å². The molecule has 3 rings (SSSR count). The molecule has 0 saturated heterocycles. The topological polar surface area (TPSA) is 53.9 Å². The summed E-state index contributed by atoms with van der Waals surface area (Å²) in [4.78, 5) is 6.71. The molecule has 0 aliphatic heterocycles. The molecule has 0 spiro atoms. The van der Waals surface area contributed by atoms with E-state index in [1.165, 1.54) is 11.1 Å². The minimum Gasteiger partial charge on any atom is -0.339 e. The zero-order chi connectivity index (χ0) is 16.8. The molecule has 0 atom stereocenters. The van der Waals surface area contributed by atoms with E-state index in [0.717, 1.165) is 18.8 Å². The van der Waals surface area contributed by atoms with Gasteiger partial charge in [-0.2, -0.15) is 10.1 Å². The number of rotatable bonds is 6. The number of benzene rings is 2. The summed E-state index contributed by atoms with van der Waals surface area (Å²) in [7, 11) is 0. The van der Waals surface area contributed by atoms with Gasteiger partial charge in [-0.3, -0.25) is 0 Å². The molecule has 24 heavy (non-hydrogen) atoms. The molecule has 1 N–H and O–H groups in total. The van der Waals surface area contributed by atoms with Crippen LogP contribution in [0.15, 0.2) is 60.8 Å². The molecule has 5 heteroatoms. The van der Waals surface area contributed by atoms with Crippen molar-refractivity contribution in [3.05, 3.63) is 71.9 Å². The fourth-order valence-corrected chi connectivity index (χ4v) is 2.49. The second kappa shape index (κ2) is 7.55. The first-order valence-electron chi connectivity index (χ1n) is 8.07. The van der Waals surface area contributed by atoms with Crippen LogP contribution in [0.25, 0.3) is 0 Å². The van der Waals surface area contributed by atoms with Gasteiger partial charge in [0.05, 0.1) is 6.20 Å². The Morgan fingerprint density at radius 1 is 1.04 bits per heavy atom. The molecule has 2 aromatic carbocycles. The van der Waals surface area contributed by atoms with E-state index in [1.54, 1.807) is 6.20 Å². The van der Waals surface area contributed by atoms with Crippen molar-refractivity contribution >= 4 is 17.5 Å². The highest BCUT2D eigenvalue weighted by molar-refractivity contribution is 5.57. The van der Waals surface area contributed by atoms with Crippen LogP contribution in [-0.4, -0.2) is 21.7 Å². The number of hydrogen-bond donors (Lipinski definition) is 1. The predicted molar refractivity (Wildman–Crippen MR) is 97.5 cm³/mol. The molecule has 3 aromatic rings. The van der Waals surface area contributed by atoms with Gasteiger partial charge in [0, 0.05) is 18.8 Å². The van der Waals surface area contributed by atoms with E-state index in [-0.39, 0.29) is 0 Å². The highest BCUT2D eigenvalue weighted by atomic mass is 15.3. The number of aryl methyl sites for hydroxylation is 1. The highest BCUT2D eigenvalue weighted by Crippen LogP contribution is 2.18. The molecule has 0 radical (unpaired) electrons. The number of hydrogen-bond acceptors (Lipinski definition) is 5. The van der Waals surface area contributed by atoms with Crippen LogP contribution in [0.5, 0.6) is 0 Å². The highest BCUT2D eigenvalue weighted by Gasteiger charge is 2.10. The van der Waals surface area contributed by atoms with Gasteiger partial charge in [-0.05, 0) is 37.1 Å². The summed E-state index contributed by atoms with van der Waals surface area (Å²) in [6.07, 6.45) is 1.64. The minimum absolute atomic E-state index is 0.624. The van der Waals surface area contributed by atoms with Crippen LogP contribution in [0.3, 0.4) is 0 Å². The Labute approximate surface area is 142 Å². The molecule has 1 aromatic heterocycles. The van der Waals surface area contributed by atoms with Crippen LogP contribution in [0, 0.1) is 6.92 Å². The van der Waals surface area contributed by atoms with Crippen molar-refractivity contribution in [1.82, 2.24) is 15.2 Å². The number of anilines is 3. The van der Waals surface area contributed by atoms with Gasteiger partial charge >= 0.3 is 0 Å². The lowest BCUT2D eigenvalue weighted by Gasteiger charge is -2.20. The van der Waals surface area contributed by atoms with E-state index >= 15 is 0 Å². The normalized spacial score (nSPS) is 10.4. The SMILES string of the molecule is CCN(Cc1ccccc1)c1nncc(Nc2cccc(C)c2)n1. The molecule has 5 nitrogen and oxygen atoms in total. The first-order valence-corrected chi connectivity index (χ1v) is 8.07. The maximum absolute atomic E-state index is 4.61. The van der Waals surface area contributed by atoms with E-state index < -0.39 is 0 Å². The smallest absolute Gasteiger partial charge is 0.247 e. The van der Waals surface area contributed by atoms with Crippen molar-refractivity contribution in [2.24, 2.45) is 0 Å². The molecule has 0 aliphatic carbocycles. The molecule has 0 fully saturated rings. The van der Waals surface area contributed by atoms with E-state index in [1.807, 2.05) is 30.3 Å². The van der Waals surface area contributed by atoms with E-state index in [2.05, 4.69) is 63.5 Å². The first kappa shape index (κ1) is 15.9. The Bertz CT molecular complexity index is 789. The third-order valence-electron chi connectivity index (χ3n) is 3.72. The van der Waals surface area contributed by atoms with Crippen molar-refractivity contribution in [3.63, 3.8) is 0 Å². The van der Waals surface area contributed by atoms with Gasteiger partial charge in [0.2, 0.25) is 5.95 Å². The molecular formula is C19H21N5. The number of aromatic nitrogens is 3. The molecule has 0 unspecified atom stereocenters. The molecule has 0 amide bonds. The third-order valence-corrected chi connectivity index (χ3v) is 3.72. The van der Waals surface area contributed by atoms with E-state index in [9.17, 15) is 0 Å². The quantitative estimate of drug-likeness (QED) is 0.745. The average Bonchev–Trinajstić information content (AvgIpc) is 2.61. The molecular weight excluding hydrogens is 298 g/mol. The lowest BCUT2D eigenvalue weighted by molar-refractivity contribution is 0.771. The van der Waals surface area contributed by atoms with Gasteiger partial charge in [0.25, 0.3) is 0 Å². The van der Waals surface area contributed by atoms with Crippen LogP contribution in [0.4, 0.5) is 17.5 Å². The standard InChI is InChI=1S/C19H21N5/c1-3-24(14-16-9-5-4-6-10-16)19-22-18(13-20-23-19)21-17-11-7-8-15(2)12-17/h4-13H,3,14H2,1-2H3,(H,21,22,23). The van der Waals surface area contributed by atoms with Gasteiger partial charge in [0.1, 0.15) is 0 Å². The van der Waals surface area contributed by atoms with Crippen LogP contribution >= 0.6 is 0 Å². The molecule has 1 heterocycles. The zero-order valence-corrected chi connectivity index (χ0v) is 14.0. The monoisotopic (exact) mass is 319 g/mol. The molecule has 0 aliphatic rings. The summed E-state index contributed by atoms with van der Waals surface area (Å²) in [6.45, 7) is 5.72. The van der Waals surface area contributed by atoms with Crippen molar-refractivity contribution < 1.29 is 0 Å². The summed E-state index contributed by atoms with van der Waals surface area (Å²) in [5, 5.41) is 11.6. The minimum atomic E-state index is 0.624. The lowest BCUT2D eigenvalue weighted by Crippen LogP contribution is -2.24. The van der Waals surface area contributed by atoms with Crippen molar-refractivity contribution in [2.75, 3.05) is 16.8 Å². The Hall–Kier alpha value is -2.95.